The first kappa shape index (κ1) is 15.1. The van der Waals surface area contributed by atoms with E-state index in [0.29, 0.717) is 6.61 Å². The molecule has 112 valence electrons. The van der Waals surface area contributed by atoms with Crippen molar-refractivity contribution in [2.75, 3.05) is 31.7 Å². The third-order valence-electron chi connectivity index (χ3n) is 3.79. The molecular weight excluding hydrogens is 252 g/mol. The molecule has 0 aliphatic carbocycles. The van der Waals surface area contributed by atoms with Crippen molar-refractivity contribution in [1.82, 2.24) is 0 Å². The Morgan fingerprint density at radius 1 is 1.45 bits per heavy atom. The normalized spacial score (nSPS) is 20.8. The van der Waals surface area contributed by atoms with Crippen molar-refractivity contribution in [2.45, 2.75) is 38.8 Å². The second kappa shape index (κ2) is 6.95. The van der Waals surface area contributed by atoms with Gasteiger partial charge < -0.3 is 20.1 Å². The number of hydrogen-bond acceptors (Lipinski definition) is 4. The number of benzene rings is 1. The van der Waals surface area contributed by atoms with Crippen molar-refractivity contribution >= 4 is 5.69 Å². The first-order chi connectivity index (χ1) is 9.60. The van der Waals surface area contributed by atoms with Crippen LogP contribution in [0.1, 0.15) is 25.3 Å². The van der Waals surface area contributed by atoms with E-state index in [2.05, 4.69) is 24.0 Å². The molecule has 2 rings (SSSR count). The molecule has 1 saturated heterocycles. The van der Waals surface area contributed by atoms with E-state index in [-0.39, 0.29) is 12.1 Å². The van der Waals surface area contributed by atoms with Gasteiger partial charge in [0.2, 0.25) is 0 Å². The van der Waals surface area contributed by atoms with E-state index >= 15 is 0 Å². The van der Waals surface area contributed by atoms with Crippen molar-refractivity contribution in [1.29, 1.82) is 0 Å². The molecule has 1 heterocycles. The van der Waals surface area contributed by atoms with Crippen LogP contribution in [0.4, 0.5) is 5.69 Å². The predicted octanol–water partition coefficient (Wildman–Crippen LogP) is 2.34. The molecule has 20 heavy (non-hydrogen) atoms. The van der Waals surface area contributed by atoms with Crippen molar-refractivity contribution in [3.05, 3.63) is 23.8 Å². The van der Waals surface area contributed by atoms with Crippen LogP contribution in [0.2, 0.25) is 0 Å². The van der Waals surface area contributed by atoms with E-state index in [9.17, 15) is 0 Å². The van der Waals surface area contributed by atoms with E-state index in [1.54, 1.807) is 7.11 Å². The van der Waals surface area contributed by atoms with Crippen molar-refractivity contribution in [3.8, 4) is 5.75 Å². The zero-order chi connectivity index (χ0) is 14.5. The molecule has 1 fully saturated rings. The molecular formula is C16H26N2O2. The molecule has 0 radical (unpaired) electrons. The van der Waals surface area contributed by atoms with Crippen LogP contribution in [-0.2, 0) is 4.74 Å². The number of ether oxygens (including phenoxy) is 2. The molecule has 4 nitrogen and oxygen atoms in total. The standard InChI is InChI=1S/C16H26N2O2/c1-12-6-7-16(20-11-13(2)19-3)15(9-12)18-8-4-5-14(17)10-18/h6-7,9,13-14H,4-5,8,10-11,17H2,1-3H3. The Balaban J connectivity index is 2.14. The number of nitrogens with two attached hydrogens (primary N) is 1. The third kappa shape index (κ3) is 3.87. The quantitative estimate of drug-likeness (QED) is 0.898. The molecule has 1 aliphatic heterocycles. The van der Waals surface area contributed by atoms with Crippen molar-refractivity contribution in [2.24, 2.45) is 5.73 Å². The lowest BCUT2D eigenvalue weighted by atomic mass is 10.0. The van der Waals surface area contributed by atoms with Crippen LogP contribution in [0.3, 0.4) is 0 Å². The van der Waals surface area contributed by atoms with E-state index in [1.807, 2.05) is 13.0 Å². The summed E-state index contributed by atoms with van der Waals surface area (Å²) in [6, 6.07) is 6.58. The molecule has 0 aromatic heterocycles. The van der Waals surface area contributed by atoms with Crippen LogP contribution in [0, 0.1) is 6.92 Å². The van der Waals surface area contributed by atoms with E-state index in [4.69, 9.17) is 15.2 Å². The second-order valence-corrected chi connectivity index (χ2v) is 5.68. The Labute approximate surface area is 121 Å². The molecule has 1 aromatic rings. The van der Waals surface area contributed by atoms with E-state index in [1.165, 1.54) is 5.56 Å². The minimum atomic E-state index is 0.0905. The Morgan fingerprint density at radius 2 is 2.25 bits per heavy atom. The van der Waals surface area contributed by atoms with Crippen LogP contribution in [0.15, 0.2) is 18.2 Å². The number of rotatable bonds is 5. The fourth-order valence-corrected chi connectivity index (χ4v) is 2.50. The Bertz CT molecular complexity index is 436. The molecule has 1 aliphatic rings. The Hall–Kier alpha value is -1.26. The zero-order valence-electron chi connectivity index (χ0n) is 12.8. The van der Waals surface area contributed by atoms with Crippen LogP contribution in [0.25, 0.3) is 0 Å². The number of aryl methyl sites for hydroxylation is 1. The molecule has 4 heteroatoms. The summed E-state index contributed by atoms with van der Waals surface area (Å²) in [5.41, 5.74) is 8.49. The lowest BCUT2D eigenvalue weighted by molar-refractivity contribution is 0.0718. The highest BCUT2D eigenvalue weighted by molar-refractivity contribution is 5.60. The number of methoxy groups -OCH3 is 1. The lowest BCUT2D eigenvalue weighted by Crippen LogP contribution is -2.43. The predicted molar refractivity (Wildman–Crippen MR) is 82.6 cm³/mol. The monoisotopic (exact) mass is 278 g/mol. The highest BCUT2D eigenvalue weighted by Crippen LogP contribution is 2.31. The van der Waals surface area contributed by atoms with Gasteiger partial charge in [-0.05, 0) is 44.4 Å². The number of nitrogens with zero attached hydrogens (tertiary/aromatic N) is 1. The van der Waals surface area contributed by atoms with Gasteiger partial charge in [-0.3, -0.25) is 0 Å². The lowest BCUT2D eigenvalue weighted by Gasteiger charge is -2.34. The maximum absolute atomic E-state index is 6.09. The zero-order valence-corrected chi connectivity index (χ0v) is 12.8. The van der Waals surface area contributed by atoms with Gasteiger partial charge in [0.15, 0.2) is 0 Å². The van der Waals surface area contributed by atoms with Gasteiger partial charge in [0.1, 0.15) is 12.4 Å². The summed E-state index contributed by atoms with van der Waals surface area (Å²) in [5.74, 6) is 0.925. The Kier molecular flexibility index (Phi) is 5.26. The minimum Gasteiger partial charge on any atom is -0.489 e. The second-order valence-electron chi connectivity index (χ2n) is 5.68. The molecule has 2 atom stereocenters. The van der Waals surface area contributed by atoms with Gasteiger partial charge in [-0.2, -0.15) is 0 Å². The van der Waals surface area contributed by atoms with Gasteiger partial charge >= 0.3 is 0 Å². The molecule has 1 aromatic carbocycles. The summed E-state index contributed by atoms with van der Waals surface area (Å²) >= 11 is 0. The maximum atomic E-state index is 6.09. The van der Waals surface area contributed by atoms with Crippen molar-refractivity contribution in [3.63, 3.8) is 0 Å². The summed E-state index contributed by atoms with van der Waals surface area (Å²) in [6.45, 7) is 6.62. The average molecular weight is 278 g/mol. The fourth-order valence-electron chi connectivity index (χ4n) is 2.50. The average Bonchev–Trinajstić information content (AvgIpc) is 2.45. The number of hydrogen-bond donors (Lipinski definition) is 1. The van der Waals surface area contributed by atoms with Crippen LogP contribution >= 0.6 is 0 Å². The van der Waals surface area contributed by atoms with E-state index < -0.39 is 0 Å². The highest BCUT2D eigenvalue weighted by atomic mass is 16.5. The summed E-state index contributed by atoms with van der Waals surface area (Å²) in [6.07, 6.45) is 2.34. The summed E-state index contributed by atoms with van der Waals surface area (Å²) in [7, 11) is 1.70. The third-order valence-corrected chi connectivity index (χ3v) is 3.79. The van der Waals surface area contributed by atoms with Gasteiger partial charge in [-0.15, -0.1) is 0 Å². The van der Waals surface area contributed by atoms with Gasteiger partial charge in [-0.1, -0.05) is 6.07 Å². The number of piperidine rings is 1. The smallest absolute Gasteiger partial charge is 0.142 e. The molecule has 0 saturated carbocycles. The number of anilines is 1. The summed E-state index contributed by atoms with van der Waals surface area (Å²) < 4.78 is 11.2. The molecule has 0 bridgehead atoms. The van der Waals surface area contributed by atoms with Crippen molar-refractivity contribution < 1.29 is 9.47 Å². The summed E-state index contributed by atoms with van der Waals surface area (Å²) in [5, 5.41) is 0. The largest absolute Gasteiger partial charge is 0.489 e. The maximum Gasteiger partial charge on any atom is 0.142 e. The van der Waals surface area contributed by atoms with Crippen LogP contribution < -0.4 is 15.4 Å². The van der Waals surface area contributed by atoms with Crippen LogP contribution in [-0.4, -0.2) is 39.0 Å². The Morgan fingerprint density at radius 3 is 2.95 bits per heavy atom. The SMILES string of the molecule is COC(C)COc1ccc(C)cc1N1CCCC(N)C1. The first-order valence-corrected chi connectivity index (χ1v) is 7.37. The van der Waals surface area contributed by atoms with Gasteiger partial charge in [0.25, 0.3) is 0 Å². The van der Waals surface area contributed by atoms with Gasteiger partial charge in [0.05, 0.1) is 11.8 Å². The fraction of sp³-hybridized carbons (Fsp3) is 0.625. The summed E-state index contributed by atoms with van der Waals surface area (Å²) in [4.78, 5) is 2.34. The molecule has 2 N–H and O–H groups in total. The molecule has 2 unspecified atom stereocenters. The van der Waals surface area contributed by atoms with Gasteiger partial charge in [-0.25, -0.2) is 0 Å². The highest BCUT2D eigenvalue weighted by Gasteiger charge is 2.20. The van der Waals surface area contributed by atoms with E-state index in [0.717, 1.165) is 37.4 Å². The molecule has 0 spiro atoms. The molecule has 0 amide bonds. The van der Waals surface area contributed by atoms with Crippen LogP contribution in [0.5, 0.6) is 5.75 Å². The minimum absolute atomic E-state index is 0.0905. The topological polar surface area (TPSA) is 47.7 Å². The first-order valence-electron chi connectivity index (χ1n) is 7.37. The van der Waals surface area contributed by atoms with Gasteiger partial charge in [0, 0.05) is 26.2 Å².